The molecule has 6 heteroatoms. The van der Waals surface area contributed by atoms with Gasteiger partial charge in [-0.25, -0.2) is 0 Å². The van der Waals surface area contributed by atoms with E-state index in [1.807, 2.05) is 34.9 Å². The Morgan fingerprint density at radius 1 is 1.23 bits per heavy atom. The van der Waals surface area contributed by atoms with E-state index in [2.05, 4.69) is 23.7 Å². The highest BCUT2D eigenvalue weighted by Crippen LogP contribution is 2.61. The summed E-state index contributed by atoms with van der Waals surface area (Å²) in [4.78, 5) is 13.7. The summed E-state index contributed by atoms with van der Waals surface area (Å²) in [6.07, 6.45) is 9.22. The molecule has 1 aromatic carbocycles. The van der Waals surface area contributed by atoms with Gasteiger partial charge in [-0.15, -0.1) is 16.8 Å². The van der Waals surface area contributed by atoms with E-state index in [9.17, 15) is 4.79 Å². The second-order valence-corrected chi connectivity index (χ2v) is 11.0. The normalized spacial score (nSPS) is 29.7. The summed E-state index contributed by atoms with van der Waals surface area (Å²) in [5, 5.41) is 9.59. The molecule has 164 valence electrons. The minimum atomic E-state index is -0.130. The van der Waals surface area contributed by atoms with Gasteiger partial charge in [-0.3, -0.25) is 9.36 Å². The predicted octanol–water partition coefficient (Wildman–Crippen LogP) is 5.41. The van der Waals surface area contributed by atoms with Crippen LogP contribution >= 0.6 is 11.8 Å². The van der Waals surface area contributed by atoms with E-state index < -0.39 is 0 Å². The fourth-order valence-corrected chi connectivity index (χ4v) is 7.80. The number of para-hydroxylation sites is 1. The fourth-order valence-electron chi connectivity index (χ4n) is 6.75. The number of hydrogen-bond acceptors (Lipinski definition) is 5. The molecule has 0 saturated heterocycles. The number of hydrogen-bond donors (Lipinski definition) is 0. The average molecular weight is 438 g/mol. The molecule has 4 bridgehead atoms. The summed E-state index contributed by atoms with van der Waals surface area (Å²) < 4.78 is 7.57. The molecule has 1 unspecified atom stereocenters. The van der Waals surface area contributed by atoms with Gasteiger partial charge in [0.15, 0.2) is 16.8 Å². The summed E-state index contributed by atoms with van der Waals surface area (Å²) in [7, 11) is 1.66. The Morgan fingerprint density at radius 2 is 1.87 bits per heavy atom. The number of carbonyl (C=O) groups excluding carboxylic acids is 1. The Kier molecular flexibility index (Phi) is 5.45. The maximum absolute atomic E-state index is 13.7. The second kappa shape index (κ2) is 8.12. The zero-order valence-corrected chi connectivity index (χ0v) is 19.2. The van der Waals surface area contributed by atoms with Crippen molar-refractivity contribution in [3.05, 3.63) is 36.9 Å². The van der Waals surface area contributed by atoms with Crippen LogP contribution in [0.25, 0.3) is 11.4 Å². The molecule has 4 aliphatic carbocycles. The van der Waals surface area contributed by atoms with Gasteiger partial charge in [0.25, 0.3) is 0 Å². The average Bonchev–Trinajstić information content (AvgIpc) is 3.14. The van der Waals surface area contributed by atoms with Crippen LogP contribution in [-0.2, 0) is 11.3 Å². The first kappa shape index (κ1) is 20.8. The van der Waals surface area contributed by atoms with E-state index in [1.54, 1.807) is 18.9 Å². The number of aromatic nitrogens is 3. The molecule has 0 amide bonds. The van der Waals surface area contributed by atoms with E-state index in [0.717, 1.165) is 59.3 Å². The highest BCUT2D eigenvalue weighted by molar-refractivity contribution is 8.00. The van der Waals surface area contributed by atoms with Crippen molar-refractivity contribution in [3.63, 3.8) is 0 Å². The third kappa shape index (κ3) is 3.63. The van der Waals surface area contributed by atoms with Crippen LogP contribution in [0.15, 0.2) is 42.1 Å². The monoisotopic (exact) mass is 437 g/mol. The van der Waals surface area contributed by atoms with E-state index >= 15 is 0 Å². The number of carbonyl (C=O) groups is 1. The molecule has 1 atom stereocenters. The van der Waals surface area contributed by atoms with Crippen LogP contribution in [0.3, 0.4) is 0 Å². The Hall–Kier alpha value is -2.08. The highest BCUT2D eigenvalue weighted by atomic mass is 32.2. The minimum Gasteiger partial charge on any atom is -0.496 e. The number of Topliss-reactive ketones (excluding diaryl/α,β-unsaturated/α-hetero) is 1. The van der Waals surface area contributed by atoms with Gasteiger partial charge in [0.2, 0.25) is 0 Å². The molecule has 4 fully saturated rings. The van der Waals surface area contributed by atoms with E-state index in [-0.39, 0.29) is 10.7 Å². The Balaban J connectivity index is 1.40. The molecule has 1 heterocycles. The lowest BCUT2D eigenvalue weighted by Gasteiger charge is -2.56. The van der Waals surface area contributed by atoms with Gasteiger partial charge in [-0.05, 0) is 75.3 Å². The third-order valence-electron chi connectivity index (χ3n) is 7.59. The number of methoxy groups -OCH3 is 1. The zero-order valence-electron chi connectivity index (χ0n) is 18.4. The van der Waals surface area contributed by atoms with Gasteiger partial charge in [0, 0.05) is 12.0 Å². The molecule has 0 radical (unpaired) electrons. The number of nitrogens with zero attached hydrogens (tertiary/aromatic N) is 3. The van der Waals surface area contributed by atoms with Crippen LogP contribution < -0.4 is 4.74 Å². The van der Waals surface area contributed by atoms with Crippen molar-refractivity contribution in [1.29, 1.82) is 0 Å². The number of ketones is 1. The molecule has 0 spiro atoms. The molecule has 1 aromatic heterocycles. The summed E-state index contributed by atoms with van der Waals surface area (Å²) in [6, 6.07) is 7.82. The lowest BCUT2D eigenvalue weighted by atomic mass is 9.48. The predicted molar refractivity (Wildman–Crippen MR) is 123 cm³/mol. The first-order chi connectivity index (χ1) is 15.0. The van der Waals surface area contributed by atoms with E-state index in [4.69, 9.17) is 4.74 Å². The first-order valence-corrected chi connectivity index (χ1v) is 12.3. The van der Waals surface area contributed by atoms with Crippen molar-refractivity contribution in [1.82, 2.24) is 14.8 Å². The quantitative estimate of drug-likeness (QED) is 0.408. The van der Waals surface area contributed by atoms with Crippen molar-refractivity contribution in [3.8, 4) is 17.1 Å². The zero-order chi connectivity index (χ0) is 21.6. The number of thioether (sulfide) groups is 1. The molecule has 31 heavy (non-hydrogen) atoms. The molecule has 4 saturated carbocycles. The van der Waals surface area contributed by atoms with Gasteiger partial charge in [-0.1, -0.05) is 30.0 Å². The number of benzene rings is 1. The Labute approximate surface area is 188 Å². The summed E-state index contributed by atoms with van der Waals surface area (Å²) in [6.45, 7) is 6.55. The molecule has 5 nitrogen and oxygen atoms in total. The first-order valence-electron chi connectivity index (χ1n) is 11.4. The molecule has 2 aromatic rings. The SMILES string of the molecule is C=CCn1c(SC(C)C(=O)C23CC4CC(CC(C4)C2)C3)nnc1-c1ccccc1OC. The van der Waals surface area contributed by atoms with E-state index in [0.29, 0.717) is 12.3 Å². The molecular weight excluding hydrogens is 406 g/mol. The van der Waals surface area contributed by atoms with Crippen molar-refractivity contribution in [2.75, 3.05) is 7.11 Å². The smallest absolute Gasteiger partial charge is 0.192 e. The standard InChI is InChI=1S/C25H31N3O2S/c1-4-9-28-23(20-7-5-6-8-21(20)30-3)26-27-24(28)31-16(2)22(29)25-13-17-10-18(14-25)12-19(11-17)15-25/h4-8,16-19H,1,9-15H2,2-3H3. The van der Waals surface area contributed by atoms with Crippen molar-refractivity contribution < 1.29 is 9.53 Å². The summed E-state index contributed by atoms with van der Waals surface area (Å²) in [5.41, 5.74) is 0.807. The summed E-state index contributed by atoms with van der Waals surface area (Å²) in [5.74, 6) is 4.25. The van der Waals surface area contributed by atoms with Gasteiger partial charge in [0.1, 0.15) is 5.75 Å². The number of ether oxygens (including phenoxy) is 1. The maximum Gasteiger partial charge on any atom is 0.192 e. The van der Waals surface area contributed by atoms with E-state index in [1.165, 1.54) is 19.3 Å². The Bertz CT molecular complexity index is 963. The van der Waals surface area contributed by atoms with Crippen molar-refractivity contribution in [2.45, 2.75) is 62.4 Å². The number of rotatable bonds is 8. The van der Waals surface area contributed by atoms with Crippen LogP contribution in [0.4, 0.5) is 0 Å². The van der Waals surface area contributed by atoms with Gasteiger partial charge < -0.3 is 4.74 Å². The van der Waals surface area contributed by atoms with Crippen LogP contribution in [-0.4, -0.2) is 32.9 Å². The molecule has 0 aliphatic heterocycles. The van der Waals surface area contributed by atoms with Crippen molar-refractivity contribution in [2.24, 2.45) is 23.2 Å². The third-order valence-corrected chi connectivity index (χ3v) is 8.67. The Morgan fingerprint density at radius 3 is 2.48 bits per heavy atom. The van der Waals surface area contributed by atoms with Gasteiger partial charge in [-0.2, -0.15) is 0 Å². The van der Waals surface area contributed by atoms with Crippen LogP contribution in [0.2, 0.25) is 0 Å². The second-order valence-electron chi connectivity index (χ2n) is 9.73. The lowest BCUT2D eigenvalue weighted by Crippen LogP contribution is -2.51. The summed E-state index contributed by atoms with van der Waals surface area (Å²) >= 11 is 1.55. The topological polar surface area (TPSA) is 57.0 Å². The van der Waals surface area contributed by atoms with Crippen LogP contribution in [0, 0.1) is 23.2 Å². The fraction of sp³-hybridized carbons (Fsp3) is 0.560. The van der Waals surface area contributed by atoms with Gasteiger partial charge >= 0.3 is 0 Å². The van der Waals surface area contributed by atoms with Crippen LogP contribution in [0.1, 0.15) is 45.4 Å². The maximum atomic E-state index is 13.7. The number of allylic oxidation sites excluding steroid dienone is 1. The highest BCUT2D eigenvalue weighted by Gasteiger charge is 2.55. The minimum absolute atomic E-state index is 0.0874. The van der Waals surface area contributed by atoms with Crippen molar-refractivity contribution >= 4 is 17.5 Å². The van der Waals surface area contributed by atoms with Crippen LogP contribution in [0.5, 0.6) is 5.75 Å². The molecular formula is C25H31N3O2S. The molecule has 4 aliphatic rings. The molecule has 6 rings (SSSR count). The van der Waals surface area contributed by atoms with Gasteiger partial charge in [0.05, 0.1) is 17.9 Å². The molecule has 0 N–H and O–H groups in total. The largest absolute Gasteiger partial charge is 0.496 e. The lowest BCUT2D eigenvalue weighted by molar-refractivity contribution is -0.142.